The number of hydrazine groups is 1. The predicted octanol–water partition coefficient (Wildman–Crippen LogP) is 3.72. The molecule has 0 radical (unpaired) electrons. The van der Waals surface area contributed by atoms with Crippen LogP contribution in [0.15, 0.2) is 42.5 Å². The van der Waals surface area contributed by atoms with Gasteiger partial charge < -0.3 is 0 Å². The average molecular weight is 342 g/mol. The van der Waals surface area contributed by atoms with Gasteiger partial charge in [-0.3, -0.25) is 15.6 Å². The van der Waals surface area contributed by atoms with Crippen LogP contribution in [-0.2, 0) is 0 Å². The van der Waals surface area contributed by atoms with Crippen molar-refractivity contribution in [1.82, 2.24) is 15.4 Å². The van der Waals surface area contributed by atoms with Crippen LogP contribution in [-0.4, -0.2) is 15.9 Å². The van der Waals surface area contributed by atoms with Crippen LogP contribution in [0.25, 0.3) is 10.4 Å². The fourth-order valence-electron chi connectivity index (χ4n) is 2.19. The lowest BCUT2D eigenvalue weighted by Crippen LogP contribution is -2.29. The minimum absolute atomic E-state index is 0.281. The van der Waals surface area contributed by atoms with Crippen LogP contribution in [0.3, 0.4) is 0 Å². The number of hydrogen-bond donors (Lipinski definition) is 2. The van der Waals surface area contributed by atoms with Gasteiger partial charge in [0.25, 0.3) is 5.91 Å². The number of aryl methyl sites for hydroxylation is 2. The van der Waals surface area contributed by atoms with Crippen molar-refractivity contribution in [3.05, 3.63) is 64.5 Å². The number of carbonyl (C=O) groups is 1. The van der Waals surface area contributed by atoms with Gasteiger partial charge >= 0.3 is 0 Å². The highest BCUT2D eigenvalue weighted by Gasteiger charge is 2.11. The van der Waals surface area contributed by atoms with Crippen molar-refractivity contribution in [2.75, 3.05) is 5.43 Å². The quantitative estimate of drug-likeness (QED) is 0.709. The molecule has 2 heterocycles. The first kappa shape index (κ1) is 16.1. The molecular formula is C17H15FN4OS. The van der Waals surface area contributed by atoms with E-state index in [1.807, 2.05) is 26.0 Å². The van der Waals surface area contributed by atoms with E-state index in [1.54, 1.807) is 18.2 Å². The first-order valence-electron chi connectivity index (χ1n) is 7.26. The Kier molecular flexibility index (Phi) is 4.52. The third-order valence-electron chi connectivity index (χ3n) is 3.23. The van der Waals surface area contributed by atoms with Crippen LogP contribution in [0.5, 0.6) is 0 Å². The Morgan fingerprint density at radius 3 is 2.38 bits per heavy atom. The van der Waals surface area contributed by atoms with Crippen molar-refractivity contribution < 1.29 is 9.18 Å². The van der Waals surface area contributed by atoms with Crippen LogP contribution in [0.1, 0.15) is 21.1 Å². The van der Waals surface area contributed by atoms with Crippen LogP contribution < -0.4 is 10.9 Å². The van der Waals surface area contributed by atoms with Crippen LogP contribution in [0, 0.1) is 19.7 Å². The molecule has 5 nitrogen and oxygen atoms in total. The van der Waals surface area contributed by atoms with Crippen molar-refractivity contribution in [2.24, 2.45) is 0 Å². The molecule has 0 bridgehead atoms. The molecule has 2 aromatic heterocycles. The molecule has 122 valence electrons. The number of nitrogens with one attached hydrogen (secondary N) is 2. The second kappa shape index (κ2) is 6.76. The number of halogens is 1. The van der Waals surface area contributed by atoms with E-state index in [0.717, 1.165) is 21.8 Å². The van der Waals surface area contributed by atoms with Crippen molar-refractivity contribution in [2.45, 2.75) is 13.8 Å². The topological polar surface area (TPSA) is 66.9 Å². The summed E-state index contributed by atoms with van der Waals surface area (Å²) in [6.45, 7) is 3.71. The van der Waals surface area contributed by atoms with E-state index in [1.165, 1.54) is 23.5 Å². The Morgan fingerprint density at radius 2 is 1.71 bits per heavy atom. The zero-order chi connectivity index (χ0) is 17.1. The maximum absolute atomic E-state index is 13.0. The second-order valence-corrected chi connectivity index (χ2v) is 6.31. The smallest absolute Gasteiger partial charge is 0.266 e. The number of anilines is 1. The van der Waals surface area contributed by atoms with Gasteiger partial charge in [0.05, 0.1) is 4.88 Å². The Labute approximate surface area is 142 Å². The molecule has 0 aliphatic carbocycles. The first-order chi connectivity index (χ1) is 11.5. The van der Waals surface area contributed by atoms with E-state index in [4.69, 9.17) is 0 Å². The summed E-state index contributed by atoms with van der Waals surface area (Å²) in [6.07, 6.45) is 0. The fourth-order valence-corrected chi connectivity index (χ4v) is 3.09. The summed E-state index contributed by atoms with van der Waals surface area (Å²) in [7, 11) is 0. The Balaban J connectivity index is 1.68. The fraction of sp³-hybridized carbons (Fsp3) is 0.118. The zero-order valence-electron chi connectivity index (χ0n) is 13.1. The summed E-state index contributed by atoms with van der Waals surface area (Å²) >= 11 is 1.33. The van der Waals surface area contributed by atoms with Gasteiger partial charge in [0.2, 0.25) is 5.95 Å². The molecule has 24 heavy (non-hydrogen) atoms. The average Bonchev–Trinajstić information content (AvgIpc) is 3.02. The first-order valence-corrected chi connectivity index (χ1v) is 8.07. The molecule has 0 aliphatic rings. The molecule has 0 fully saturated rings. The standard InChI is InChI=1S/C17H15FN4OS/c1-10-9-11(2)20-17(19-10)22-21-16(23)15-8-7-14(24-15)12-3-5-13(18)6-4-12/h3-9H,1-2H3,(H,21,23)(H,19,20,22). The minimum atomic E-state index is -0.286. The van der Waals surface area contributed by atoms with Gasteiger partial charge in [0, 0.05) is 16.3 Å². The summed E-state index contributed by atoms with van der Waals surface area (Å²) in [5.41, 5.74) is 7.79. The highest BCUT2D eigenvalue weighted by atomic mass is 32.1. The molecule has 2 N–H and O–H groups in total. The van der Waals surface area contributed by atoms with E-state index in [0.29, 0.717) is 10.8 Å². The van der Waals surface area contributed by atoms with Crippen molar-refractivity contribution in [1.29, 1.82) is 0 Å². The number of amides is 1. The zero-order valence-corrected chi connectivity index (χ0v) is 13.9. The van der Waals surface area contributed by atoms with Crippen LogP contribution in [0.4, 0.5) is 10.3 Å². The lowest BCUT2D eigenvalue weighted by molar-refractivity contribution is 0.0966. The molecule has 0 saturated carbocycles. The number of aromatic nitrogens is 2. The Morgan fingerprint density at radius 1 is 1.04 bits per heavy atom. The predicted molar refractivity (Wildman–Crippen MR) is 92.3 cm³/mol. The van der Waals surface area contributed by atoms with Crippen LogP contribution in [0.2, 0.25) is 0 Å². The van der Waals surface area contributed by atoms with Crippen LogP contribution >= 0.6 is 11.3 Å². The lowest BCUT2D eigenvalue weighted by atomic mass is 10.2. The second-order valence-electron chi connectivity index (χ2n) is 5.22. The van der Waals surface area contributed by atoms with E-state index in [2.05, 4.69) is 20.8 Å². The summed E-state index contributed by atoms with van der Waals surface area (Å²) < 4.78 is 13.0. The van der Waals surface area contributed by atoms with Crippen molar-refractivity contribution in [3.63, 3.8) is 0 Å². The van der Waals surface area contributed by atoms with E-state index in [-0.39, 0.29) is 11.7 Å². The number of hydrogen-bond acceptors (Lipinski definition) is 5. The summed E-state index contributed by atoms with van der Waals surface area (Å²) in [5, 5.41) is 0. The molecule has 0 spiro atoms. The van der Waals surface area contributed by atoms with Gasteiger partial charge in [-0.2, -0.15) is 0 Å². The Bertz CT molecular complexity index is 856. The largest absolute Gasteiger partial charge is 0.279 e. The third kappa shape index (κ3) is 3.75. The third-order valence-corrected chi connectivity index (χ3v) is 4.36. The highest BCUT2D eigenvalue weighted by molar-refractivity contribution is 7.17. The van der Waals surface area contributed by atoms with Gasteiger partial charge in [-0.05, 0) is 49.7 Å². The number of benzene rings is 1. The molecule has 0 atom stereocenters. The maximum atomic E-state index is 13.0. The molecule has 0 aliphatic heterocycles. The number of rotatable bonds is 4. The molecule has 3 rings (SSSR count). The van der Waals surface area contributed by atoms with Gasteiger partial charge in [0.15, 0.2) is 0 Å². The van der Waals surface area contributed by atoms with Crippen molar-refractivity contribution >= 4 is 23.2 Å². The van der Waals surface area contributed by atoms with Gasteiger partial charge in [-0.15, -0.1) is 11.3 Å². The summed E-state index contributed by atoms with van der Waals surface area (Å²) in [5.74, 6) is -0.224. The molecule has 0 saturated heterocycles. The Hall–Kier alpha value is -2.80. The normalized spacial score (nSPS) is 10.5. The van der Waals surface area contributed by atoms with Gasteiger partial charge in [-0.1, -0.05) is 12.1 Å². The monoisotopic (exact) mass is 342 g/mol. The molecule has 0 unspecified atom stereocenters. The number of thiophene rings is 1. The summed E-state index contributed by atoms with van der Waals surface area (Å²) in [4.78, 5) is 22.0. The molecular weight excluding hydrogens is 327 g/mol. The summed E-state index contributed by atoms with van der Waals surface area (Å²) in [6, 6.07) is 11.6. The van der Waals surface area contributed by atoms with Gasteiger partial charge in [-0.25, -0.2) is 14.4 Å². The molecule has 3 aromatic rings. The van der Waals surface area contributed by atoms with E-state index < -0.39 is 0 Å². The van der Waals surface area contributed by atoms with E-state index >= 15 is 0 Å². The molecule has 7 heteroatoms. The van der Waals surface area contributed by atoms with E-state index in [9.17, 15) is 9.18 Å². The lowest BCUT2D eigenvalue weighted by Gasteiger charge is -2.07. The van der Waals surface area contributed by atoms with Gasteiger partial charge in [0.1, 0.15) is 5.82 Å². The van der Waals surface area contributed by atoms with Crippen molar-refractivity contribution in [3.8, 4) is 10.4 Å². The molecule has 1 amide bonds. The SMILES string of the molecule is Cc1cc(C)nc(NNC(=O)c2ccc(-c3ccc(F)cc3)s2)n1. The molecule has 1 aromatic carbocycles. The number of carbonyl (C=O) groups excluding carboxylic acids is 1. The number of nitrogens with zero attached hydrogens (tertiary/aromatic N) is 2. The minimum Gasteiger partial charge on any atom is -0.266 e. The highest BCUT2D eigenvalue weighted by Crippen LogP contribution is 2.28. The maximum Gasteiger partial charge on any atom is 0.279 e.